The average Bonchev–Trinajstić information content (AvgIpc) is 2.61. The van der Waals surface area contributed by atoms with Crippen molar-refractivity contribution in [2.45, 2.75) is 19.3 Å². The highest BCUT2D eigenvalue weighted by Crippen LogP contribution is 2.37. The second kappa shape index (κ2) is 7.63. The monoisotopic (exact) mass is 337 g/mol. The van der Waals surface area contributed by atoms with Gasteiger partial charge in [-0.3, -0.25) is 0 Å². The fourth-order valence-electron chi connectivity index (χ4n) is 3.00. The average molecular weight is 338 g/mol. The number of rotatable bonds is 5. The van der Waals surface area contributed by atoms with Crippen molar-refractivity contribution in [1.82, 2.24) is 0 Å². The molecule has 3 aromatic rings. The normalized spacial score (nSPS) is 12.3. The topological polar surface area (TPSA) is 0 Å². The molecule has 1 atom stereocenters. The van der Waals surface area contributed by atoms with Crippen molar-refractivity contribution in [3.63, 3.8) is 0 Å². The van der Waals surface area contributed by atoms with Crippen LogP contribution in [0, 0.1) is 11.7 Å². The number of hydrogen-bond donors (Lipinski definition) is 0. The lowest BCUT2D eigenvalue weighted by atomic mass is 9.79. The quantitative estimate of drug-likeness (QED) is 0.502. The van der Waals surface area contributed by atoms with E-state index in [0.29, 0.717) is 0 Å². The minimum Gasteiger partial charge on any atom is -0.207 e. The molecule has 0 saturated heterocycles. The Morgan fingerprint density at radius 2 is 1.50 bits per heavy atom. The summed E-state index contributed by atoms with van der Waals surface area (Å²) in [6.45, 7) is 2.16. The second-order valence-corrected chi connectivity index (χ2v) is 6.34. The van der Waals surface area contributed by atoms with E-state index in [1.54, 1.807) is 0 Å². The molecule has 0 spiro atoms. The molecule has 0 bridgehead atoms. The summed E-state index contributed by atoms with van der Waals surface area (Å²) in [6.07, 6.45) is 0.804. The zero-order valence-electron chi connectivity index (χ0n) is 13.5. The summed E-state index contributed by atoms with van der Waals surface area (Å²) in [4.78, 5) is 0. The first-order valence-electron chi connectivity index (χ1n) is 8.05. The maximum Gasteiger partial charge on any atom is 0.123 e. The summed E-state index contributed by atoms with van der Waals surface area (Å²) in [5.41, 5.74) is 3.37. The van der Waals surface area contributed by atoms with Gasteiger partial charge in [0.15, 0.2) is 0 Å². The molecule has 121 valence electrons. The van der Waals surface area contributed by atoms with E-state index in [1.165, 1.54) is 23.6 Å². The van der Waals surface area contributed by atoms with Crippen LogP contribution in [-0.4, -0.2) is 0 Å². The Hall–Kier alpha value is -2.12. The van der Waals surface area contributed by atoms with Gasteiger partial charge in [-0.2, -0.15) is 0 Å². The zero-order chi connectivity index (χ0) is 16.9. The smallest absolute Gasteiger partial charge is 0.123 e. The fraction of sp³-hybridized carbons (Fsp3) is 0.136. The van der Waals surface area contributed by atoms with Crippen LogP contribution in [0.3, 0.4) is 0 Å². The van der Waals surface area contributed by atoms with E-state index in [4.69, 9.17) is 11.6 Å². The van der Waals surface area contributed by atoms with E-state index < -0.39 is 0 Å². The van der Waals surface area contributed by atoms with Gasteiger partial charge in [0, 0.05) is 10.9 Å². The molecule has 0 aliphatic carbocycles. The molecule has 3 rings (SSSR count). The summed E-state index contributed by atoms with van der Waals surface area (Å²) < 4.78 is 13.3. The van der Waals surface area contributed by atoms with Crippen LogP contribution in [0.5, 0.6) is 0 Å². The molecule has 1 radical (unpaired) electrons. The number of halogens is 2. The van der Waals surface area contributed by atoms with Gasteiger partial charge in [-0.1, -0.05) is 79.2 Å². The third-order valence-electron chi connectivity index (χ3n) is 4.35. The molecule has 0 aliphatic heterocycles. The van der Waals surface area contributed by atoms with Gasteiger partial charge in [0.2, 0.25) is 0 Å². The molecule has 0 amide bonds. The van der Waals surface area contributed by atoms with Gasteiger partial charge in [0.1, 0.15) is 5.82 Å². The van der Waals surface area contributed by atoms with Crippen molar-refractivity contribution in [2.75, 3.05) is 0 Å². The third-order valence-corrected chi connectivity index (χ3v) is 4.69. The molecule has 0 aliphatic rings. The van der Waals surface area contributed by atoms with Gasteiger partial charge < -0.3 is 0 Å². The Balaban J connectivity index is 1.98. The Morgan fingerprint density at radius 1 is 0.875 bits per heavy atom. The Bertz CT molecular complexity index is 781. The molecule has 0 nitrogen and oxygen atoms in total. The summed E-state index contributed by atoms with van der Waals surface area (Å²) in [5.74, 6) is 1.15. The minimum absolute atomic E-state index is 0.143. The van der Waals surface area contributed by atoms with Crippen LogP contribution >= 0.6 is 11.6 Å². The zero-order valence-corrected chi connectivity index (χ0v) is 14.3. The van der Waals surface area contributed by atoms with E-state index in [9.17, 15) is 4.39 Å². The molecule has 0 aromatic heterocycles. The standard InChI is InChI=1S/C22H19ClF/c1-16(20-9-5-6-10-22(20)23)21(15-17-7-3-2-4-8-17)18-11-13-19(24)14-12-18/h2-14,16H,15H2,1H3. The maximum atomic E-state index is 13.3. The van der Waals surface area contributed by atoms with Crippen LogP contribution < -0.4 is 0 Å². The van der Waals surface area contributed by atoms with Crippen LogP contribution in [0.15, 0.2) is 78.9 Å². The molecule has 3 aromatic carbocycles. The van der Waals surface area contributed by atoms with Gasteiger partial charge in [-0.25, -0.2) is 4.39 Å². The molecular formula is C22H19ClF. The lowest BCUT2D eigenvalue weighted by molar-refractivity contribution is 0.626. The largest absolute Gasteiger partial charge is 0.207 e. The first kappa shape index (κ1) is 16.7. The predicted octanol–water partition coefficient (Wildman–Crippen LogP) is 6.45. The van der Waals surface area contributed by atoms with Crippen LogP contribution in [-0.2, 0) is 6.42 Å². The van der Waals surface area contributed by atoms with Gasteiger partial charge in [0.05, 0.1) is 0 Å². The molecule has 0 saturated carbocycles. The van der Waals surface area contributed by atoms with E-state index in [0.717, 1.165) is 22.6 Å². The number of benzene rings is 3. The highest BCUT2D eigenvalue weighted by Gasteiger charge is 2.23. The van der Waals surface area contributed by atoms with Gasteiger partial charge in [0.25, 0.3) is 0 Å². The Kier molecular flexibility index (Phi) is 5.32. The third kappa shape index (κ3) is 3.85. The van der Waals surface area contributed by atoms with Crippen molar-refractivity contribution in [3.8, 4) is 0 Å². The predicted molar refractivity (Wildman–Crippen MR) is 98.8 cm³/mol. The van der Waals surface area contributed by atoms with Crippen molar-refractivity contribution < 1.29 is 4.39 Å². The van der Waals surface area contributed by atoms with E-state index in [2.05, 4.69) is 25.1 Å². The molecule has 0 N–H and O–H groups in total. The summed E-state index contributed by atoms with van der Waals surface area (Å²) in [5, 5.41) is 0.762. The summed E-state index contributed by atoms with van der Waals surface area (Å²) in [6, 6.07) is 25.0. The van der Waals surface area contributed by atoms with E-state index in [1.807, 2.05) is 48.5 Å². The van der Waals surface area contributed by atoms with Gasteiger partial charge in [-0.15, -0.1) is 0 Å². The first-order valence-corrected chi connectivity index (χ1v) is 8.43. The van der Waals surface area contributed by atoms with Crippen molar-refractivity contribution in [1.29, 1.82) is 0 Å². The van der Waals surface area contributed by atoms with Crippen molar-refractivity contribution in [3.05, 3.63) is 112 Å². The molecule has 1 unspecified atom stereocenters. The molecular weight excluding hydrogens is 319 g/mol. The first-order chi connectivity index (χ1) is 11.6. The van der Waals surface area contributed by atoms with Crippen LogP contribution in [0.25, 0.3) is 0 Å². The van der Waals surface area contributed by atoms with Crippen LogP contribution in [0.4, 0.5) is 4.39 Å². The molecule has 0 fully saturated rings. The van der Waals surface area contributed by atoms with Crippen LogP contribution in [0.2, 0.25) is 5.02 Å². The van der Waals surface area contributed by atoms with E-state index in [-0.39, 0.29) is 11.7 Å². The summed E-state index contributed by atoms with van der Waals surface area (Å²) >= 11 is 6.41. The van der Waals surface area contributed by atoms with Crippen molar-refractivity contribution >= 4 is 11.6 Å². The van der Waals surface area contributed by atoms with E-state index >= 15 is 0 Å². The molecule has 2 heteroatoms. The van der Waals surface area contributed by atoms with Crippen molar-refractivity contribution in [2.24, 2.45) is 0 Å². The SMILES string of the molecule is CC([C](Cc1ccccc1)c1ccc(F)cc1)c1ccccc1Cl. The number of hydrogen-bond acceptors (Lipinski definition) is 0. The highest BCUT2D eigenvalue weighted by atomic mass is 35.5. The van der Waals surface area contributed by atoms with Crippen LogP contribution in [0.1, 0.15) is 29.5 Å². The Labute approximate surface area is 147 Å². The van der Waals surface area contributed by atoms with Gasteiger partial charge >= 0.3 is 0 Å². The maximum absolute atomic E-state index is 13.3. The summed E-state index contributed by atoms with van der Waals surface area (Å²) in [7, 11) is 0. The van der Waals surface area contributed by atoms with Gasteiger partial charge in [-0.05, 0) is 47.2 Å². The minimum atomic E-state index is -0.219. The fourth-order valence-corrected chi connectivity index (χ4v) is 3.30. The lowest BCUT2D eigenvalue weighted by Crippen LogP contribution is -2.13. The molecule has 24 heavy (non-hydrogen) atoms. The highest BCUT2D eigenvalue weighted by molar-refractivity contribution is 6.31. The molecule has 0 heterocycles. The Morgan fingerprint density at radius 3 is 2.17 bits per heavy atom. The lowest BCUT2D eigenvalue weighted by Gasteiger charge is -2.25. The second-order valence-electron chi connectivity index (χ2n) is 5.94.